The number of furan rings is 2. The zero-order valence-electron chi connectivity index (χ0n) is 12.0. The molecule has 118 valence electrons. The fourth-order valence-corrected chi connectivity index (χ4v) is 2.00. The monoisotopic (exact) mass is 333 g/mol. The van der Waals surface area contributed by atoms with Gasteiger partial charge in [0.2, 0.25) is 0 Å². The van der Waals surface area contributed by atoms with Gasteiger partial charge in [-0.1, -0.05) is 11.6 Å². The number of hydrogen-bond donors (Lipinski definition) is 1. The van der Waals surface area contributed by atoms with E-state index in [-0.39, 0.29) is 6.08 Å². The van der Waals surface area contributed by atoms with E-state index in [1.807, 2.05) is 24.3 Å². The molecule has 1 aromatic carbocycles. The second-order valence-electron chi connectivity index (χ2n) is 4.76. The highest BCUT2D eigenvalue weighted by Gasteiger charge is 2.16. The zero-order chi connectivity index (χ0) is 16.4. The molecule has 0 fully saturated rings. The number of benzene rings is 2. The Balaban J connectivity index is 0.000000183. The van der Waals surface area contributed by atoms with Gasteiger partial charge in [0.05, 0.1) is 0 Å². The third kappa shape index (κ3) is 3.54. The summed E-state index contributed by atoms with van der Waals surface area (Å²) in [5.74, 6) is -1.08. The molecule has 0 aliphatic carbocycles. The second-order valence-corrected chi connectivity index (χ2v) is 5.20. The van der Waals surface area contributed by atoms with Gasteiger partial charge in [-0.25, -0.2) is 4.79 Å². The molecular weight excluding hydrogens is 322 g/mol. The van der Waals surface area contributed by atoms with Crippen molar-refractivity contribution in [2.45, 2.75) is 13.0 Å². The van der Waals surface area contributed by atoms with Gasteiger partial charge < -0.3 is 18.7 Å². The summed E-state index contributed by atoms with van der Waals surface area (Å²) in [5.41, 5.74) is 2.96. The van der Waals surface area contributed by atoms with E-state index in [4.69, 9.17) is 30.3 Å². The van der Waals surface area contributed by atoms with E-state index < -0.39 is 12.1 Å². The first kappa shape index (κ1) is 15.2. The van der Waals surface area contributed by atoms with Gasteiger partial charge in [0.15, 0.2) is 11.7 Å². The molecule has 3 heterocycles. The summed E-state index contributed by atoms with van der Waals surface area (Å²) in [7, 11) is 0. The molecule has 0 amide bonds. The van der Waals surface area contributed by atoms with Gasteiger partial charge in [0.1, 0.15) is 16.7 Å². The molecule has 2 bridgehead atoms. The first-order valence-electron chi connectivity index (χ1n) is 6.75. The zero-order valence-corrected chi connectivity index (χ0v) is 12.8. The number of carbonyl (C=O) groups is 1. The highest BCUT2D eigenvalue weighted by molar-refractivity contribution is 6.31. The molecule has 1 unspecified atom stereocenters. The minimum Gasteiger partial charge on any atom is -0.479 e. The number of hydrogen-bond acceptors (Lipinski definition) is 5. The van der Waals surface area contributed by atoms with E-state index in [1.165, 1.54) is 6.92 Å². The van der Waals surface area contributed by atoms with Gasteiger partial charge in [-0.2, -0.15) is 4.98 Å². The molecule has 1 N–H and O–H groups in total. The third-order valence-electron chi connectivity index (χ3n) is 3.02. The maximum absolute atomic E-state index is 10.6. The average Bonchev–Trinajstić information content (AvgIpc) is 3.22. The Hall–Kier alpha value is -2.73. The molecule has 23 heavy (non-hydrogen) atoms. The molecule has 0 radical (unpaired) electrons. The Morgan fingerprint density at radius 1 is 1.17 bits per heavy atom. The fraction of sp³-hybridized carbons (Fsp3) is 0.125. The van der Waals surface area contributed by atoms with E-state index in [0.717, 1.165) is 11.2 Å². The summed E-state index contributed by atoms with van der Waals surface area (Å²) >= 11 is 5.76. The lowest BCUT2D eigenvalue weighted by atomic mass is 10.3. The van der Waals surface area contributed by atoms with Crippen LogP contribution in [0.4, 0.5) is 0 Å². The minimum absolute atomic E-state index is 0.0767. The first-order valence-corrected chi connectivity index (χ1v) is 7.12. The van der Waals surface area contributed by atoms with Gasteiger partial charge in [-0.3, -0.25) is 0 Å². The standard InChI is InChI=1S/C10H8ClNO4.C6H4O/c1-5(9(13)14)15-10-12-7-3-2-6(11)4-8(7)16-10;1-2-6-4-3-5(1)7-6/h2-5H,1H3,(H,13,14);1-4H. The van der Waals surface area contributed by atoms with Gasteiger partial charge in [0, 0.05) is 11.1 Å². The lowest BCUT2D eigenvalue weighted by Gasteiger charge is -2.04. The van der Waals surface area contributed by atoms with Gasteiger partial charge >= 0.3 is 12.0 Å². The van der Waals surface area contributed by atoms with Crippen LogP contribution in [0.1, 0.15) is 6.92 Å². The quantitative estimate of drug-likeness (QED) is 0.604. The van der Waals surface area contributed by atoms with Crippen LogP contribution in [0.2, 0.25) is 5.02 Å². The number of carboxylic acids is 1. The molecule has 0 saturated carbocycles. The van der Waals surface area contributed by atoms with Crippen LogP contribution in [0, 0.1) is 0 Å². The summed E-state index contributed by atoms with van der Waals surface area (Å²) < 4.78 is 15.3. The van der Waals surface area contributed by atoms with E-state index in [0.29, 0.717) is 16.1 Å². The summed E-state index contributed by atoms with van der Waals surface area (Å²) in [6.45, 7) is 1.39. The molecular formula is C16H12ClNO5. The molecule has 7 heteroatoms. The van der Waals surface area contributed by atoms with Crippen LogP contribution >= 0.6 is 11.6 Å². The van der Waals surface area contributed by atoms with Crippen molar-refractivity contribution in [2.75, 3.05) is 0 Å². The smallest absolute Gasteiger partial charge is 0.395 e. The predicted octanol–water partition coefficient (Wildman–Crippen LogP) is 4.20. The van der Waals surface area contributed by atoms with Crippen molar-refractivity contribution in [2.24, 2.45) is 0 Å². The maximum Gasteiger partial charge on any atom is 0.395 e. The number of rotatable bonds is 3. The Labute approximate surface area is 135 Å². The Morgan fingerprint density at radius 3 is 2.35 bits per heavy atom. The van der Waals surface area contributed by atoms with Crippen molar-refractivity contribution in [1.82, 2.24) is 4.98 Å². The van der Waals surface area contributed by atoms with E-state index in [2.05, 4.69) is 4.98 Å². The topological polar surface area (TPSA) is 85.7 Å². The molecule has 0 spiro atoms. The van der Waals surface area contributed by atoms with Crippen LogP contribution in [0.5, 0.6) is 6.08 Å². The molecule has 0 saturated heterocycles. The van der Waals surface area contributed by atoms with Crippen LogP contribution in [-0.2, 0) is 4.79 Å². The number of fused-ring (bicyclic) bond motifs is 3. The maximum atomic E-state index is 10.6. The molecule has 0 aliphatic rings. The van der Waals surface area contributed by atoms with Crippen LogP contribution in [0.3, 0.4) is 0 Å². The van der Waals surface area contributed by atoms with E-state index in [9.17, 15) is 4.79 Å². The first-order chi connectivity index (χ1) is 11.0. The highest BCUT2D eigenvalue weighted by Crippen LogP contribution is 2.24. The van der Waals surface area contributed by atoms with E-state index in [1.54, 1.807) is 18.2 Å². The second kappa shape index (κ2) is 6.18. The Kier molecular flexibility index (Phi) is 4.08. The normalized spacial score (nSPS) is 12.1. The Morgan fingerprint density at radius 2 is 1.83 bits per heavy atom. The van der Waals surface area contributed by atoms with Crippen molar-refractivity contribution in [1.29, 1.82) is 0 Å². The van der Waals surface area contributed by atoms with Gasteiger partial charge in [0.25, 0.3) is 0 Å². The summed E-state index contributed by atoms with van der Waals surface area (Å²) in [6, 6.07) is 12.7. The van der Waals surface area contributed by atoms with Gasteiger partial charge in [-0.15, -0.1) is 0 Å². The lowest BCUT2D eigenvalue weighted by molar-refractivity contribution is -0.144. The van der Waals surface area contributed by atoms with Crippen molar-refractivity contribution in [3.05, 3.63) is 47.5 Å². The molecule has 1 atom stereocenters. The predicted molar refractivity (Wildman–Crippen MR) is 84.1 cm³/mol. The van der Waals surface area contributed by atoms with Crippen LogP contribution < -0.4 is 4.74 Å². The SMILES string of the molecule is CC(Oc1nc2ccc(Cl)cc2o1)C(=O)O.c1cc2ccc1o2. The number of ether oxygens (including phenoxy) is 1. The van der Waals surface area contributed by atoms with Gasteiger partial charge in [-0.05, 0) is 43.3 Å². The van der Waals surface area contributed by atoms with Crippen LogP contribution in [-0.4, -0.2) is 22.2 Å². The molecule has 6 nitrogen and oxygen atoms in total. The van der Waals surface area contributed by atoms with Crippen molar-refractivity contribution < 1.29 is 23.5 Å². The third-order valence-corrected chi connectivity index (χ3v) is 3.25. The number of aliphatic carboxylic acids is 1. The number of nitrogens with zero attached hydrogens (tertiary/aromatic N) is 1. The van der Waals surface area contributed by atoms with Crippen molar-refractivity contribution >= 4 is 39.8 Å². The number of oxazole rings is 1. The van der Waals surface area contributed by atoms with Crippen LogP contribution in [0.25, 0.3) is 22.3 Å². The highest BCUT2D eigenvalue weighted by atomic mass is 35.5. The average molecular weight is 334 g/mol. The summed E-state index contributed by atoms with van der Waals surface area (Å²) in [4.78, 5) is 14.5. The molecule has 4 rings (SSSR count). The number of halogens is 1. The van der Waals surface area contributed by atoms with Crippen molar-refractivity contribution in [3.8, 4) is 6.08 Å². The number of aromatic nitrogens is 1. The van der Waals surface area contributed by atoms with Crippen molar-refractivity contribution in [3.63, 3.8) is 0 Å². The largest absolute Gasteiger partial charge is 0.479 e. The summed E-state index contributed by atoms with van der Waals surface area (Å²) in [5, 5.41) is 9.16. The van der Waals surface area contributed by atoms with Crippen LogP contribution in [0.15, 0.2) is 51.3 Å². The summed E-state index contributed by atoms with van der Waals surface area (Å²) in [6.07, 6.45) is -1.09. The van der Waals surface area contributed by atoms with E-state index >= 15 is 0 Å². The molecule has 4 aromatic rings. The minimum atomic E-state index is -1.08. The Bertz CT molecular complexity index is 884. The number of carboxylic acid groups (broad SMARTS) is 1. The fourth-order valence-electron chi connectivity index (χ4n) is 1.84. The molecule has 3 aromatic heterocycles. The molecule has 0 aliphatic heterocycles. The lowest BCUT2D eigenvalue weighted by Crippen LogP contribution is -2.22.